The monoisotopic (exact) mass is 310 g/mol. The molecule has 1 amide bonds. The van der Waals surface area contributed by atoms with E-state index in [-0.39, 0.29) is 11.8 Å². The van der Waals surface area contributed by atoms with Crippen LogP contribution in [0.2, 0.25) is 0 Å². The molecule has 0 unspecified atom stereocenters. The molecule has 2 fully saturated rings. The van der Waals surface area contributed by atoms with Gasteiger partial charge in [0.15, 0.2) is 5.82 Å². The summed E-state index contributed by atoms with van der Waals surface area (Å²) in [7, 11) is 1.65. The quantitative estimate of drug-likeness (QED) is 0.894. The summed E-state index contributed by atoms with van der Waals surface area (Å²) in [5, 5.41) is 4.16. The van der Waals surface area contributed by atoms with Gasteiger partial charge in [-0.2, -0.15) is 4.37 Å². The number of hydrogen-bond acceptors (Lipinski definition) is 6. The first-order valence-electron chi connectivity index (χ1n) is 7.63. The number of carbonyl (C=O) groups excluding carboxylic acids is 1. The third-order valence-electron chi connectivity index (χ3n) is 4.32. The molecule has 0 atom stereocenters. The van der Waals surface area contributed by atoms with Gasteiger partial charge in [-0.05, 0) is 25.7 Å². The van der Waals surface area contributed by atoms with Gasteiger partial charge in [-0.25, -0.2) is 4.98 Å². The van der Waals surface area contributed by atoms with E-state index in [4.69, 9.17) is 4.74 Å². The number of rotatable bonds is 5. The van der Waals surface area contributed by atoms with Crippen molar-refractivity contribution in [1.82, 2.24) is 14.7 Å². The Morgan fingerprint density at radius 1 is 1.38 bits per heavy atom. The van der Waals surface area contributed by atoms with E-state index in [1.54, 1.807) is 7.11 Å². The van der Waals surface area contributed by atoms with E-state index in [1.165, 1.54) is 18.0 Å². The van der Waals surface area contributed by atoms with E-state index in [0.29, 0.717) is 12.6 Å². The molecule has 1 aromatic heterocycles. The first kappa shape index (κ1) is 14.7. The molecule has 0 spiro atoms. The number of piperidine rings is 1. The van der Waals surface area contributed by atoms with E-state index in [0.717, 1.165) is 49.7 Å². The minimum Gasteiger partial charge on any atom is -0.377 e. The summed E-state index contributed by atoms with van der Waals surface area (Å²) >= 11 is 1.43. The minimum atomic E-state index is 0.262. The molecule has 1 aliphatic carbocycles. The van der Waals surface area contributed by atoms with E-state index in [9.17, 15) is 4.79 Å². The van der Waals surface area contributed by atoms with Crippen molar-refractivity contribution in [2.24, 2.45) is 5.92 Å². The van der Waals surface area contributed by atoms with Crippen LogP contribution in [0.25, 0.3) is 0 Å². The average molecular weight is 310 g/mol. The third kappa shape index (κ3) is 3.52. The molecular formula is C14H22N4O2S. The van der Waals surface area contributed by atoms with Crippen molar-refractivity contribution >= 4 is 22.6 Å². The molecule has 0 radical (unpaired) electrons. The summed E-state index contributed by atoms with van der Waals surface area (Å²) in [6.07, 6.45) is 5.31. The van der Waals surface area contributed by atoms with Crippen molar-refractivity contribution in [3.05, 3.63) is 5.82 Å². The second-order valence-electron chi connectivity index (χ2n) is 5.82. The molecule has 1 saturated carbocycles. The fourth-order valence-electron chi connectivity index (χ4n) is 2.77. The maximum absolute atomic E-state index is 12.0. The first-order valence-corrected chi connectivity index (χ1v) is 8.40. The van der Waals surface area contributed by atoms with Gasteiger partial charge in [0, 0.05) is 43.7 Å². The number of ether oxygens (including phenoxy) is 1. The van der Waals surface area contributed by atoms with Crippen molar-refractivity contribution in [1.29, 1.82) is 0 Å². The van der Waals surface area contributed by atoms with Crippen LogP contribution in [0.5, 0.6) is 0 Å². The molecule has 3 rings (SSSR count). The topological polar surface area (TPSA) is 67.3 Å². The third-order valence-corrected chi connectivity index (χ3v) is 5.13. The van der Waals surface area contributed by atoms with Crippen LogP contribution in [-0.2, 0) is 16.1 Å². The lowest BCUT2D eigenvalue weighted by Gasteiger charge is -2.33. The molecule has 2 heterocycles. The van der Waals surface area contributed by atoms with Crippen molar-refractivity contribution in [2.45, 2.75) is 44.8 Å². The molecule has 21 heavy (non-hydrogen) atoms. The van der Waals surface area contributed by atoms with Gasteiger partial charge in [-0.3, -0.25) is 4.79 Å². The van der Waals surface area contributed by atoms with Crippen LogP contribution in [0.1, 0.15) is 37.9 Å². The maximum atomic E-state index is 12.0. The fourth-order valence-corrected chi connectivity index (χ4v) is 3.49. The lowest BCUT2D eigenvalue weighted by molar-refractivity contribution is -0.128. The Kier molecular flexibility index (Phi) is 4.70. The summed E-state index contributed by atoms with van der Waals surface area (Å²) in [6, 6.07) is 0.320. The largest absolute Gasteiger partial charge is 0.377 e. The first-order chi connectivity index (χ1) is 10.3. The summed E-state index contributed by atoms with van der Waals surface area (Å²) in [5.41, 5.74) is 0. The number of amides is 1. The predicted molar refractivity (Wildman–Crippen MR) is 81.3 cm³/mol. The van der Waals surface area contributed by atoms with Gasteiger partial charge in [-0.1, -0.05) is 6.42 Å². The minimum absolute atomic E-state index is 0.262. The molecule has 1 aliphatic heterocycles. The predicted octanol–water partition coefficient (Wildman–Crippen LogP) is 1.57. The number of hydrogen-bond donors (Lipinski definition) is 1. The fraction of sp³-hybridized carbons (Fsp3) is 0.786. The number of nitrogens with zero attached hydrogens (tertiary/aromatic N) is 3. The second-order valence-corrected chi connectivity index (χ2v) is 6.55. The van der Waals surface area contributed by atoms with Crippen LogP contribution in [0.15, 0.2) is 0 Å². The van der Waals surface area contributed by atoms with Gasteiger partial charge in [-0.15, -0.1) is 0 Å². The van der Waals surface area contributed by atoms with E-state index in [1.807, 2.05) is 0 Å². The highest BCUT2D eigenvalue weighted by molar-refractivity contribution is 7.09. The standard InChI is InChI=1S/C14H22N4O2S/c1-20-9-12-16-14(21-17-12)18-7-5-11(6-8-18)15-13(19)10-3-2-4-10/h10-11H,2-9H2,1H3,(H,15,19). The van der Waals surface area contributed by atoms with Crippen LogP contribution >= 0.6 is 11.5 Å². The average Bonchev–Trinajstić information content (AvgIpc) is 2.86. The van der Waals surface area contributed by atoms with Crippen LogP contribution in [0.3, 0.4) is 0 Å². The van der Waals surface area contributed by atoms with Crippen molar-refractivity contribution in [3.8, 4) is 0 Å². The second kappa shape index (κ2) is 6.70. The summed E-state index contributed by atoms with van der Waals surface area (Å²) in [4.78, 5) is 18.7. The van der Waals surface area contributed by atoms with E-state index >= 15 is 0 Å². The van der Waals surface area contributed by atoms with Gasteiger partial charge >= 0.3 is 0 Å². The highest BCUT2D eigenvalue weighted by atomic mass is 32.1. The van der Waals surface area contributed by atoms with Gasteiger partial charge in [0.05, 0.1) is 0 Å². The van der Waals surface area contributed by atoms with Crippen LogP contribution in [-0.4, -0.2) is 41.5 Å². The summed E-state index contributed by atoms with van der Waals surface area (Å²) in [6.45, 7) is 2.32. The Morgan fingerprint density at radius 3 is 2.76 bits per heavy atom. The molecular weight excluding hydrogens is 288 g/mol. The molecule has 6 nitrogen and oxygen atoms in total. The number of anilines is 1. The van der Waals surface area contributed by atoms with Crippen LogP contribution in [0.4, 0.5) is 5.13 Å². The van der Waals surface area contributed by atoms with Crippen LogP contribution < -0.4 is 10.2 Å². The molecule has 0 aromatic carbocycles. The maximum Gasteiger partial charge on any atom is 0.223 e. The molecule has 1 aromatic rings. The highest BCUT2D eigenvalue weighted by Crippen LogP contribution is 2.27. The molecule has 2 aliphatic rings. The zero-order valence-electron chi connectivity index (χ0n) is 12.4. The highest BCUT2D eigenvalue weighted by Gasteiger charge is 2.28. The molecule has 1 saturated heterocycles. The van der Waals surface area contributed by atoms with Gasteiger partial charge < -0.3 is 15.0 Å². The van der Waals surface area contributed by atoms with Gasteiger partial charge in [0.1, 0.15) is 6.61 Å². The molecule has 7 heteroatoms. The number of aromatic nitrogens is 2. The lowest BCUT2D eigenvalue weighted by atomic mass is 9.84. The molecule has 116 valence electrons. The molecule has 0 bridgehead atoms. The summed E-state index contributed by atoms with van der Waals surface area (Å²) < 4.78 is 9.33. The normalized spacial score (nSPS) is 20.3. The SMILES string of the molecule is COCc1nsc(N2CCC(NC(=O)C3CCC3)CC2)n1. The number of nitrogens with one attached hydrogen (secondary N) is 1. The smallest absolute Gasteiger partial charge is 0.223 e. The Hall–Kier alpha value is -1.21. The van der Waals surface area contributed by atoms with Gasteiger partial charge in [0.25, 0.3) is 0 Å². The summed E-state index contributed by atoms with van der Waals surface area (Å²) in [5.74, 6) is 1.29. The Morgan fingerprint density at radius 2 is 2.14 bits per heavy atom. The number of carbonyl (C=O) groups is 1. The zero-order valence-corrected chi connectivity index (χ0v) is 13.2. The van der Waals surface area contributed by atoms with Crippen molar-refractivity contribution in [2.75, 3.05) is 25.1 Å². The Labute approximate surface area is 129 Å². The number of methoxy groups -OCH3 is 1. The molecule has 1 N–H and O–H groups in total. The lowest BCUT2D eigenvalue weighted by Crippen LogP contribution is -2.47. The Bertz CT molecular complexity index is 481. The zero-order chi connectivity index (χ0) is 14.7. The Balaban J connectivity index is 1.46. The van der Waals surface area contributed by atoms with Crippen molar-refractivity contribution < 1.29 is 9.53 Å². The van der Waals surface area contributed by atoms with E-state index in [2.05, 4.69) is 19.6 Å². The van der Waals surface area contributed by atoms with E-state index < -0.39 is 0 Å². The van der Waals surface area contributed by atoms with Crippen molar-refractivity contribution in [3.63, 3.8) is 0 Å². The van der Waals surface area contributed by atoms with Crippen LogP contribution in [0, 0.1) is 5.92 Å². The van der Waals surface area contributed by atoms with Gasteiger partial charge in [0.2, 0.25) is 11.0 Å².